The first-order valence-electron chi connectivity index (χ1n) is 9.05. The third-order valence-corrected chi connectivity index (χ3v) is 5.04. The monoisotopic (exact) mass is 422 g/mol. The van der Waals surface area contributed by atoms with Gasteiger partial charge in [-0.05, 0) is 43.2 Å². The zero-order valence-corrected chi connectivity index (χ0v) is 17.5. The van der Waals surface area contributed by atoms with Crippen LogP contribution in [0, 0.1) is 0 Å². The molecule has 0 fully saturated rings. The molecule has 1 atom stereocenters. The highest BCUT2D eigenvalue weighted by Crippen LogP contribution is 2.24. The summed E-state index contributed by atoms with van der Waals surface area (Å²) in [5.74, 6) is 0.411. The average molecular weight is 423 g/mol. The largest absolute Gasteiger partial charge is 0.494 e. The predicted octanol–water partition coefficient (Wildman–Crippen LogP) is 4.32. The summed E-state index contributed by atoms with van der Waals surface area (Å²) in [5.41, 5.74) is 0.805. The number of carbonyl (C=O) groups excluding carboxylic acids is 2. The standard InChI is InChI=1S/C21H24Cl2N2O3/c1-15(21(27)24-2)25(14-16-10-11-18(22)19(23)13-16)20(26)9-6-12-28-17-7-4-3-5-8-17/h3-5,7-8,10-11,13,15H,6,9,12,14H2,1-2H3,(H,24,27). The van der Waals surface area contributed by atoms with Crippen LogP contribution in [0.4, 0.5) is 0 Å². The Morgan fingerprint density at radius 2 is 1.82 bits per heavy atom. The maximum Gasteiger partial charge on any atom is 0.242 e. The second kappa shape index (κ2) is 10.9. The Labute approximate surface area is 175 Å². The summed E-state index contributed by atoms with van der Waals surface area (Å²) < 4.78 is 5.63. The van der Waals surface area contributed by atoms with Gasteiger partial charge in [0.2, 0.25) is 11.8 Å². The molecule has 5 nitrogen and oxygen atoms in total. The molecule has 7 heteroatoms. The fourth-order valence-electron chi connectivity index (χ4n) is 2.70. The zero-order valence-electron chi connectivity index (χ0n) is 16.0. The fourth-order valence-corrected chi connectivity index (χ4v) is 3.02. The molecule has 2 amide bonds. The van der Waals surface area contributed by atoms with E-state index in [4.69, 9.17) is 27.9 Å². The summed E-state index contributed by atoms with van der Waals surface area (Å²) in [4.78, 5) is 26.5. The van der Waals surface area contributed by atoms with Gasteiger partial charge >= 0.3 is 0 Å². The molecule has 0 bridgehead atoms. The molecule has 0 aliphatic heterocycles. The molecular formula is C21H24Cl2N2O3. The number of nitrogens with one attached hydrogen (secondary N) is 1. The molecule has 1 unspecified atom stereocenters. The van der Waals surface area contributed by atoms with Crippen molar-refractivity contribution in [3.63, 3.8) is 0 Å². The number of amides is 2. The van der Waals surface area contributed by atoms with Gasteiger partial charge in [-0.15, -0.1) is 0 Å². The first kappa shape index (κ1) is 22.1. The quantitative estimate of drug-likeness (QED) is 0.612. The molecule has 0 heterocycles. The topological polar surface area (TPSA) is 58.6 Å². The van der Waals surface area contributed by atoms with Gasteiger partial charge in [-0.25, -0.2) is 0 Å². The number of likely N-dealkylation sites (N-methyl/N-ethyl adjacent to an activating group) is 1. The minimum atomic E-state index is -0.609. The minimum absolute atomic E-state index is 0.126. The van der Waals surface area contributed by atoms with Gasteiger partial charge in [0.25, 0.3) is 0 Å². The van der Waals surface area contributed by atoms with E-state index in [1.165, 1.54) is 0 Å². The van der Waals surface area contributed by atoms with Gasteiger partial charge in [-0.1, -0.05) is 47.5 Å². The first-order chi connectivity index (χ1) is 13.4. The Balaban J connectivity index is 1.99. The van der Waals surface area contributed by atoms with Gasteiger partial charge in [0.1, 0.15) is 11.8 Å². The summed E-state index contributed by atoms with van der Waals surface area (Å²) in [6.45, 7) is 2.39. The molecule has 0 aliphatic carbocycles. The summed E-state index contributed by atoms with van der Waals surface area (Å²) >= 11 is 12.0. The maximum atomic E-state index is 12.8. The third-order valence-electron chi connectivity index (χ3n) is 4.30. The van der Waals surface area contributed by atoms with E-state index in [-0.39, 0.29) is 24.8 Å². The lowest BCUT2D eigenvalue weighted by atomic mass is 10.1. The van der Waals surface area contributed by atoms with Crippen molar-refractivity contribution < 1.29 is 14.3 Å². The molecule has 0 aliphatic rings. The molecule has 2 aromatic rings. The van der Waals surface area contributed by atoms with Gasteiger partial charge in [0.15, 0.2) is 0 Å². The number of rotatable bonds is 9. The van der Waals surface area contributed by atoms with Crippen LogP contribution < -0.4 is 10.1 Å². The van der Waals surface area contributed by atoms with E-state index in [9.17, 15) is 9.59 Å². The molecule has 150 valence electrons. The van der Waals surface area contributed by atoms with E-state index in [0.717, 1.165) is 11.3 Å². The molecule has 2 rings (SSSR count). The van der Waals surface area contributed by atoms with Gasteiger partial charge < -0.3 is 15.0 Å². The van der Waals surface area contributed by atoms with Crippen LogP contribution in [0.15, 0.2) is 48.5 Å². The average Bonchev–Trinajstić information content (AvgIpc) is 2.71. The zero-order chi connectivity index (χ0) is 20.5. The first-order valence-corrected chi connectivity index (χ1v) is 9.80. The molecule has 1 N–H and O–H groups in total. The highest BCUT2D eigenvalue weighted by molar-refractivity contribution is 6.42. The second-order valence-corrected chi connectivity index (χ2v) is 7.14. The van der Waals surface area contributed by atoms with E-state index in [1.54, 1.807) is 37.1 Å². The van der Waals surface area contributed by atoms with E-state index in [2.05, 4.69) is 5.32 Å². The van der Waals surface area contributed by atoms with Crippen molar-refractivity contribution in [1.29, 1.82) is 0 Å². The third kappa shape index (κ3) is 6.43. The van der Waals surface area contributed by atoms with Crippen molar-refractivity contribution in [1.82, 2.24) is 10.2 Å². The van der Waals surface area contributed by atoms with Crippen molar-refractivity contribution in [2.45, 2.75) is 32.4 Å². The molecule has 28 heavy (non-hydrogen) atoms. The number of carbonyl (C=O) groups is 2. The Bertz CT molecular complexity index is 799. The van der Waals surface area contributed by atoms with Crippen molar-refractivity contribution in [3.8, 4) is 5.75 Å². The highest BCUT2D eigenvalue weighted by Gasteiger charge is 2.25. The van der Waals surface area contributed by atoms with E-state index >= 15 is 0 Å². The van der Waals surface area contributed by atoms with Gasteiger partial charge in [-0.2, -0.15) is 0 Å². The molecule has 0 spiro atoms. The smallest absolute Gasteiger partial charge is 0.242 e. The Kier molecular flexibility index (Phi) is 8.61. The van der Waals surface area contributed by atoms with Crippen LogP contribution in [0.25, 0.3) is 0 Å². The van der Waals surface area contributed by atoms with Crippen LogP contribution in [-0.4, -0.2) is 36.4 Å². The fraction of sp³-hybridized carbons (Fsp3) is 0.333. The van der Waals surface area contributed by atoms with Crippen LogP contribution >= 0.6 is 23.2 Å². The van der Waals surface area contributed by atoms with E-state index in [1.807, 2.05) is 30.3 Å². The summed E-state index contributed by atoms with van der Waals surface area (Å²) in [6, 6.07) is 14.0. The number of hydrogen-bond acceptors (Lipinski definition) is 3. The Morgan fingerprint density at radius 1 is 1.11 bits per heavy atom. The minimum Gasteiger partial charge on any atom is -0.494 e. The van der Waals surface area contributed by atoms with Gasteiger partial charge in [-0.3, -0.25) is 9.59 Å². The Hall–Kier alpha value is -2.24. The van der Waals surface area contributed by atoms with Crippen LogP contribution in [-0.2, 0) is 16.1 Å². The van der Waals surface area contributed by atoms with Gasteiger partial charge in [0, 0.05) is 20.0 Å². The van der Waals surface area contributed by atoms with Crippen molar-refractivity contribution >= 4 is 35.0 Å². The number of benzene rings is 2. The maximum absolute atomic E-state index is 12.8. The summed E-state index contributed by atoms with van der Waals surface area (Å²) in [6.07, 6.45) is 0.821. The lowest BCUT2D eigenvalue weighted by Crippen LogP contribution is -2.46. The van der Waals surface area contributed by atoms with Crippen molar-refractivity contribution in [2.75, 3.05) is 13.7 Å². The second-order valence-electron chi connectivity index (χ2n) is 6.33. The molecule has 0 aromatic heterocycles. The van der Waals surface area contributed by atoms with Crippen molar-refractivity contribution in [2.24, 2.45) is 0 Å². The van der Waals surface area contributed by atoms with Gasteiger partial charge in [0.05, 0.1) is 16.7 Å². The van der Waals surface area contributed by atoms with Crippen LogP contribution in [0.1, 0.15) is 25.3 Å². The van der Waals surface area contributed by atoms with E-state index in [0.29, 0.717) is 23.1 Å². The van der Waals surface area contributed by atoms with Crippen LogP contribution in [0.2, 0.25) is 10.0 Å². The lowest BCUT2D eigenvalue weighted by molar-refractivity contribution is -0.140. The molecule has 2 aromatic carbocycles. The lowest BCUT2D eigenvalue weighted by Gasteiger charge is -2.28. The summed E-state index contributed by atoms with van der Waals surface area (Å²) in [7, 11) is 1.55. The number of halogens is 2. The van der Waals surface area contributed by atoms with Crippen LogP contribution in [0.5, 0.6) is 5.75 Å². The molecule has 0 saturated heterocycles. The number of ether oxygens (including phenoxy) is 1. The summed E-state index contributed by atoms with van der Waals surface area (Å²) in [5, 5.41) is 3.45. The number of nitrogens with zero attached hydrogens (tertiary/aromatic N) is 1. The molecule has 0 saturated carbocycles. The predicted molar refractivity (Wildman–Crippen MR) is 112 cm³/mol. The SMILES string of the molecule is CNC(=O)C(C)N(Cc1ccc(Cl)c(Cl)c1)C(=O)CCCOc1ccccc1. The Morgan fingerprint density at radius 3 is 2.46 bits per heavy atom. The number of para-hydroxylation sites is 1. The van der Waals surface area contributed by atoms with Crippen molar-refractivity contribution in [3.05, 3.63) is 64.1 Å². The molecular weight excluding hydrogens is 399 g/mol. The van der Waals surface area contributed by atoms with E-state index < -0.39 is 6.04 Å². The molecule has 0 radical (unpaired) electrons. The highest BCUT2D eigenvalue weighted by atomic mass is 35.5. The van der Waals surface area contributed by atoms with Crippen LogP contribution in [0.3, 0.4) is 0 Å². The number of hydrogen-bond donors (Lipinski definition) is 1. The normalized spacial score (nSPS) is 11.6.